The van der Waals surface area contributed by atoms with Gasteiger partial charge in [-0.3, -0.25) is 0 Å². The molecule has 0 fully saturated rings. The average molecular weight is 160 g/mol. The van der Waals surface area contributed by atoms with Gasteiger partial charge in [0.15, 0.2) is 0 Å². The number of hydrogen-bond donors (Lipinski definition) is 0. The number of rotatable bonds is 0. The molecular weight excluding hydrogens is 156 g/mol. The van der Waals surface area contributed by atoms with E-state index >= 15 is 0 Å². The molecule has 0 aromatic heterocycles. The third-order valence-corrected chi connectivity index (χ3v) is 0. The summed E-state index contributed by atoms with van der Waals surface area (Å²) < 4.78 is 0. The third kappa shape index (κ3) is 8.82. The Bertz CT molecular complexity index is 8.00. The van der Waals surface area contributed by atoms with Gasteiger partial charge in [-0.1, -0.05) is 0 Å². The molecule has 0 aliphatic carbocycles. The standard InChI is InChI=1S/ClH.K.H2O.Zn.H/h1H;;1H2;;. The van der Waals surface area contributed by atoms with E-state index in [1.54, 1.807) is 0 Å². The van der Waals surface area contributed by atoms with Crippen LogP contribution in [0.2, 0.25) is 0 Å². The number of hydrogen-bond acceptors (Lipinski definition) is 0. The maximum absolute atomic E-state index is 0. The van der Waals surface area contributed by atoms with E-state index in [0.29, 0.717) is 0 Å². The minimum Gasteiger partial charge on any atom is 0 e. The zero-order valence-corrected chi connectivity index (χ0v) is 5.40. The van der Waals surface area contributed by atoms with Gasteiger partial charge in [-0.15, -0.1) is 12.4 Å². The van der Waals surface area contributed by atoms with Crippen molar-refractivity contribution in [1.82, 2.24) is 0 Å². The molecule has 0 saturated carbocycles. The summed E-state index contributed by atoms with van der Waals surface area (Å²) in [5, 5.41) is 0. The van der Waals surface area contributed by atoms with Crippen molar-refractivity contribution in [2.24, 2.45) is 0 Å². The summed E-state index contributed by atoms with van der Waals surface area (Å²) in [4.78, 5) is 0. The summed E-state index contributed by atoms with van der Waals surface area (Å²) in [6.07, 6.45) is 0. The zero-order chi connectivity index (χ0) is 0. The third-order valence-electron chi connectivity index (χ3n) is 0. The molecule has 0 radical (unpaired) electrons. The van der Waals surface area contributed by atoms with Crippen LogP contribution in [-0.4, -0.2) is 56.9 Å². The van der Waals surface area contributed by atoms with E-state index in [1.807, 2.05) is 0 Å². The molecule has 20 valence electrons. The van der Waals surface area contributed by atoms with Gasteiger partial charge in [-0.25, -0.2) is 0 Å². The Hall–Kier alpha value is 2.51. The Balaban J connectivity index is 0. The second-order valence-electron chi connectivity index (χ2n) is 0. The maximum Gasteiger partial charge on any atom is 0 e. The Morgan fingerprint density at radius 1 is 1.00 bits per heavy atom. The molecule has 0 heterocycles. The van der Waals surface area contributed by atoms with Gasteiger partial charge >= 0.3 is 51.4 Å². The smallest absolute Gasteiger partial charge is 0 e. The van der Waals surface area contributed by atoms with Crippen LogP contribution in [0.15, 0.2) is 0 Å². The largest absolute Gasteiger partial charge is 0 e. The molecule has 1 nitrogen and oxygen atoms in total. The van der Waals surface area contributed by atoms with E-state index in [-0.39, 0.29) is 88.7 Å². The van der Waals surface area contributed by atoms with Gasteiger partial charge in [0.1, 0.15) is 0 Å². The van der Waals surface area contributed by atoms with Crippen LogP contribution in [0.4, 0.5) is 0 Å². The van der Waals surface area contributed by atoms with Crippen LogP contribution >= 0.6 is 12.4 Å². The zero-order valence-electron chi connectivity index (χ0n) is 1.62. The Kier molecular flexibility index (Phi) is 140. The summed E-state index contributed by atoms with van der Waals surface area (Å²) in [6, 6.07) is 0. The molecule has 0 rings (SSSR count). The van der Waals surface area contributed by atoms with Crippen LogP contribution < -0.4 is 0 Å². The fourth-order valence-electron chi connectivity index (χ4n) is 0. The van der Waals surface area contributed by atoms with Gasteiger partial charge in [0.2, 0.25) is 0 Å². The first kappa shape index (κ1) is 31.4. The molecule has 0 saturated heterocycles. The van der Waals surface area contributed by atoms with Gasteiger partial charge < -0.3 is 5.48 Å². The minimum absolute atomic E-state index is 0. The van der Waals surface area contributed by atoms with Crippen molar-refractivity contribution in [3.8, 4) is 0 Å². The topological polar surface area (TPSA) is 31.5 Å². The van der Waals surface area contributed by atoms with Crippen molar-refractivity contribution < 1.29 is 25.0 Å². The van der Waals surface area contributed by atoms with Gasteiger partial charge in [-0.2, -0.15) is 0 Å². The van der Waals surface area contributed by atoms with Gasteiger partial charge in [0.05, 0.1) is 0 Å². The van der Waals surface area contributed by atoms with E-state index < -0.39 is 0 Å². The Morgan fingerprint density at radius 2 is 1.00 bits per heavy atom. The van der Waals surface area contributed by atoms with Crippen molar-refractivity contribution in [1.29, 1.82) is 0 Å². The fourth-order valence-corrected chi connectivity index (χ4v) is 0. The summed E-state index contributed by atoms with van der Waals surface area (Å²) in [5.41, 5.74) is 0. The van der Waals surface area contributed by atoms with Gasteiger partial charge in [-0.05, 0) is 0 Å². The van der Waals surface area contributed by atoms with Crippen LogP contribution in [0, 0.1) is 0 Å². The van der Waals surface area contributed by atoms with E-state index in [2.05, 4.69) is 0 Å². The minimum atomic E-state index is 0. The second kappa shape index (κ2) is 17.8. The fraction of sp³-hybridized carbons (Fsp3) is 0. The van der Waals surface area contributed by atoms with Crippen molar-refractivity contribution >= 4 is 63.8 Å². The van der Waals surface area contributed by atoms with Crippen LogP contribution in [-0.2, 0) is 19.5 Å². The van der Waals surface area contributed by atoms with Crippen LogP contribution in [0.5, 0.6) is 0 Å². The summed E-state index contributed by atoms with van der Waals surface area (Å²) >= 11 is 0. The average Bonchev–Trinajstić information content (AvgIpc) is 0. The monoisotopic (exact) mass is 158 g/mol. The summed E-state index contributed by atoms with van der Waals surface area (Å²) in [6.45, 7) is 0. The molecule has 0 bridgehead atoms. The molecule has 0 aliphatic heterocycles. The predicted octanol–water partition coefficient (Wildman–Crippen LogP) is -1.05. The maximum atomic E-state index is 0. The molecule has 0 spiro atoms. The molecule has 0 unspecified atom stereocenters. The van der Waals surface area contributed by atoms with Crippen LogP contribution in [0.3, 0.4) is 0 Å². The van der Waals surface area contributed by atoms with Crippen molar-refractivity contribution in [3.63, 3.8) is 0 Å². The van der Waals surface area contributed by atoms with Crippen LogP contribution in [0.1, 0.15) is 0 Å². The summed E-state index contributed by atoms with van der Waals surface area (Å²) in [7, 11) is 0. The molecule has 0 atom stereocenters. The number of halogens is 1. The Morgan fingerprint density at radius 3 is 1.00 bits per heavy atom. The molecule has 2 N–H and O–H groups in total. The van der Waals surface area contributed by atoms with Gasteiger partial charge in [0, 0.05) is 19.5 Å². The molecule has 0 aromatic carbocycles. The molecule has 0 aliphatic rings. The van der Waals surface area contributed by atoms with E-state index in [1.165, 1.54) is 0 Å². The Labute approximate surface area is 86.8 Å². The molecule has 0 aromatic rings. The molecule has 4 heavy (non-hydrogen) atoms. The van der Waals surface area contributed by atoms with E-state index in [0.717, 1.165) is 0 Å². The normalized spacial score (nSPS) is 0. The SMILES string of the molecule is Cl.O.[KH].[Zn]. The second-order valence-corrected chi connectivity index (χ2v) is 0. The predicted molar refractivity (Wildman–Crippen MR) is 18.0 cm³/mol. The van der Waals surface area contributed by atoms with Crippen molar-refractivity contribution in [2.45, 2.75) is 0 Å². The van der Waals surface area contributed by atoms with Crippen molar-refractivity contribution in [2.75, 3.05) is 0 Å². The van der Waals surface area contributed by atoms with Gasteiger partial charge in [0.25, 0.3) is 0 Å². The van der Waals surface area contributed by atoms with Crippen LogP contribution in [0.25, 0.3) is 0 Å². The van der Waals surface area contributed by atoms with Crippen molar-refractivity contribution in [3.05, 3.63) is 0 Å². The first-order chi connectivity index (χ1) is 0. The first-order valence-corrected chi connectivity index (χ1v) is 0. The quantitative estimate of drug-likeness (QED) is 0.405. The molecular formula is H4ClKOZn. The van der Waals surface area contributed by atoms with E-state index in [9.17, 15) is 0 Å². The summed E-state index contributed by atoms with van der Waals surface area (Å²) in [5.74, 6) is 0. The molecule has 0 amide bonds. The first-order valence-electron chi connectivity index (χ1n) is 0. The molecule has 4 heteroatoms. The van der Waals surface area contributed by atoms with E-state index in [4.69, 9.17) is 0 Å².